The summed E-state index contributed by atoms with van der Waals surface area (Å²) >= 11 is 5.92. The SMILES string of the molecule is COc1ccc(Cl)cc1C1CNCO1.[Na]. The van der Waals surface area contributed by atoms with Gasteiger partial charge in [-0.1, -0.05) is 11.6 Å². The van der Waals surface area contributed by atoms with E-state index in [0.717, 1.165) is 17.9 Å². The fraction of sp³-hybridized carbons (Fsp3) is 0.400. The number of rotatable bonds is 2. The Balaban J connectivity index is 0.00000112. The molecule has 1 aliphatic heterocycles. The summed E-state index contributed by atoms with van der Waals surface area (Å²) in [6, 6.07) is 5.56. The maximum absolute atomic E-state index is 5.92. The largest absolute Gasteiger partial charge is 0.496 e. The van der Waals surface area contributed by atoms with Crippen molar-refractivity contribution in [3.05, 3.63) is 28.8 Å². The molecule has 0 bridgehead atoms. The van der Waals surface area contributed by atoms with Crippen LogP contribution in [0.4, 0.5) is 0 Å². The molecule has 1 fully saturated rings. The van der Waals surface area contributed by atoms with Crippen LogP contribution in [-0.4, -0.2) is 49.9 Å². The maximum atomic E-state index is 5.92. The van der Waals surface area contributed by atoms with E-state index in [1.165, 1.54) is 0 Å². The van der Waals surface area contributed by atoms with Crippen molar-refractivity contribution in [3.63, 3.8) is 0 Å². The molecule has 3 nitrogen and oxygen atoms in total. The van der Waals surface area contributed by atoms with Crippen LogP contribution >= 0.6 is 11.6 Å². The summed E-state index contributed by atoms with van der Waals surface area (Å²) in [5.74, 6) is 0.822. The Hall–Kier alpha value is 0.230. The van der Waals surface area contributed by atoms with Gasteiger partial charge in [0.25, 0.3) is 0 Å². The minimum atomic E-state index is 0. The average Bonchev–Trinajstić information content (AvgIpc) is 2.70. The molecule has 15 heavy (non-hydrogen) atoms. The monoisotopic (exact) mass is 236 g/mol. The Morgan fingerprint density at radius 1 is 1.53 bits per heavy atom. The first kappa shape index (κ1) is 13.3. The molecule has 2 rings (SSSR count). The number of hydrogen-bond donors (Lipinski definition) is 1. The van der Waals surface area contributed by atoms with Gasteiger partial charge in [-0.2, -0.15) is 0 Å². The molecule has 1 N–H and O–H groups in total. The van der Waals surface area contributed by atoms with E-state index in [4.69, 9.17) is 21.1 Å². The van der Waals surface area contributed by atoms with Crippen molar-refractivity contribution in [2.24, 2.45) is 0 Å². The van der Waals surface area contributed by atoms with Gasteiger partial charge in [0, 0.05) is 46.7 Å². The van der Waals surface area contributed by atoms with E-state index in [1.807, 2.05) is 18.2 Å². The summed E-state index contributed by atoms with van der Waals surface area (Å²) in [5, 5.41) is 3.83. The molecule has 77 valence electrons. The van der Waals surface area contributed by atoms with E-state index >= 15 is 0 Å². The predicted molar refractivity (Wildman–Crippen MR) is 60.5 cm³/mol. The van der Waals surface area contributed by atoms with Gasteiger partial charge >= 0.3 is 0 Å². The maximum Gasteiger partial charge on any atom is 0.124 e. The van der Waals surface area contributed by atoms with E-state index in [0.29, 0.717) is 11.8 Å². The third kappa shape index (κ3) is 3.09. The Labute approximate surface area is 116 Å². The first-order valence-corrected chi connectivity index (χ1v) is 4.85. The molecule has 5 heteroatoms. The Bertz CT molecular complexity index is 329. The van der Waals surface area contributed by atoms with Crippen LogP contribution in [0.1, 0.15) is 11.7 Å². The minimum Gasteiger partial charge on any atom is -0.496 e. The summed E-state index contributed by atoms with van der Waals surface area (Å²) in [6.07, 6.45) is 0.0450. The van der Waals surface area contributed by atoms with Gasteiger partial charge < -0.3 is 9.47 Å². The molecule has 0 aliphatic carbocycles. The molecule has 0 amide bonds. The van der Waals surface area contributed by atoms with E-state index in [1.54, 1.807) is 7.11 Å². The molecular weight excluding hydrogens is 225 g/mol. The number of hydrogen-bond acceptors (Lipinski definition) is 3. The second kappa shape index (κ2) is 6.09. The van der Waals surface area contributed by atoms with Gasteiger partial charge in [-0.3, -0.25) is 5.32 Å². The van der Waals surface area contributed by atoms with Crippen molar-refractivity contribution in [2.75, 3.05) is 20.4 Å². The third-order valence-corrected chi connectivity index (χ3v) is 2.49. The van der Waals surface area contributed by atoms with Crippen LogP contribution in [-0.2, 0) is 4.74 Å². The van der Waals surface area contributed by atoms with Crippen molar-refractivity contribution in [3.8, 4) is 5.75 Å². The van der Waals surface area contributed by atoms with Gasteiger partial charge in [-0.25, -0.2) is 0 Å². The summed E-state index contributed by atoms with van der Waals surface area (Å²) in [7, 11) is 1.65. The van der Waals surface area contributed by atoms with Crippen molar-refractivity contribution < 1.29 is 9.47 Å². The number of methoxy groups -OCH3 is 1. The fourth-order valence-corrected chi connectivity index (χ4v) is 1.75. The number of halogens is 1. The van der Waals surface area contributed by atoms with Gasteiger partial charge in [0.2, 0.25) is 0 Å². The number of benzene rings is 1. The van der Waals surface area contributed by atoms with Crippen LogP contribution in [0, 0.1) is 0 Å². The molecule has 1 aromatic rings. The van der Waals surface area contributed by atoms with Gasteiger partial charge in [0.1, 0.15) is 11.9 Å². The van der Waals surface area contributed by atoms with Crippen LogP contribution in [0.3, 0.4) is 0 Å². The Kier molecular flexibility index (Phi) is 5.39. The molecule has 1 aromatic carbocycles. The predicted octanol–water partition coefficient (Wildman–Crippen LogP) is 1.59. The quantitative estimate of drug-likeness (QED) is 0.791. The first-order valence-electron chi connectivity index (χ1n) is 4.47. The van der Waals surface area contributed by atoms with E-state index in [9.17, 15) is 0 Å². The molecule has 1 atom stereocenters. The van der Waals surface area contributed by atoms with E-state index in [-0.39, 0.29) is 35.7 Å². The van der Waals surface area contributed by atoms with Crippen LogP contribution in [0.5, 0.6) is 5.75 Å². The van der Waals surface area contributed by atoms with Crippen LogP contribution < -0.4 is 10.1 Å². The summed E-state index contributed by atoms with van der Waals surface area (Å²) in [4.78, 5) is 0. The smallest absolute Gasteiger partial charge is 0.124 e. The Morgan fingerprint density at radius 2 is 2.33 bits per heavy atom. The molecule has 1 unspecified atom stereocenters. The second-order valence-electron chi connectivity index (χ2n) is 3.14. The standard InChI is InChI=1S/C10H12ClNO2.Na/c1-13-9-3-2-7(11)4-8(9)10-5-12-6-14-10;/h2-4,10,12H,5-6H2,1H3;. The van der Waals surface area contributed by atoms with Crippen LogP contribution in [0.15, 0.2) is 18.2 Å². The zero-order valence-corrected chi connectivity index (χ0v) is 11.7. The van der Waals surface area contributed by atoms with Crippen molar-refractivity contribution >= 4 is 41.2 Å². The summed E-state index contributed by atoms with van der Waals surface area (Å²) in [6.45, 7) is 1.39. The zero-order valence-electron chi connectivity index (χ0n) is 8.92. The molecule has 0 aromatic heterocycles. The van der Waals surface area contributed by atoms with Gasteiger partial charge in [-0.15, -0.1) is 0 Å². The second-order valence-corrected chi connectivity index (χ2v) is 3.58. The van der Waals surface area contributed by atoms with E-state index < -0.39 is 0 Å². The van der Waals surface area contributed by atoms with Crippen molar-refractivity contribution in [2.45, 2.75) is 6.10 Å². The molecule has 0 saturated carbocycles. The topological polar surface area (TPSA) is 30.5 Å². The van der Waals surface area contributed by atoms with E-state index in [2.05, 4.69) is 5.32 Å². The molecule has 0 spiro atoms. The third-order valence-electron chi connectivity index (χ3n) is 2.25. The van der Waals surface area contributed by atoms with Crippen LogP contribution in [0.2, 0.25) is 5.02 Å². The van der Waals surface area contributed by atoms with Crippen molar-refractivity contribution in [1.82, 2.24) is 5.32 Å². The summed E-state index contributed by atoms with van der Waals surface area (Å²) < 4.78 is 10.7. The normalized spacial score (nSPS) is 19.7. The van der Waals surface area contributed by atoms with Crippen molar-refractivity contribution in [1.29, 1.82) is 0 Å². The Morgan fingerprint density at radius 3 is 2.93 bits per heavy atom. The summed E-state index contributed by atoms with van der Waals surface area (Å²) in [5.41, 5.74) is 1.00. The van der Waals surface area contributed by atoms with Gasteiger partial charge in [0.05, 0.1) is 13.8 Å². The molecule has 1 radical (unpaired) electrons. The fourth-order valence-electron chi connectivity index (χ4n) is 1.57. The number of ether oxygens (including phenoxy) is 2. The molecule has 1 saturated heterocycles. The van der Waals surface area contributed by atoms with Gasteiger partial charge in [-0.05, 0) is 18.2 Å². The minimum absolute atomic E-state index is 0. The van der Waals surface area contributed by atoms with Gasteiger partial charge in [0.15, 0.2) is 0 Å². The zero-order chi connectivity index (χ0) is 9.97. The number of nitrogens with one attached hydrogen (secondary N) is 1. The molecular formula is C10H12ClNNaO2. The molecule has 1 aliphatic rings. The first-order chi connectivity index (χ1) is 6.81. The molecule has 1 heterocycles. The van der Waals surface area contributed by atoms with Crippen LogP contribution in [0.25, 0.3) is 0 Å². The average molecular weight is 237 g/mol.